The summed E-state index contributed by atoms with van der Waals surface area (Å²) in [5.74, 6) is -2.21. The summed E-state index contributed by atoms with van der Waals surface area (Å²) in [5.41, 5.74) is 0.423. The summed E-state index contributed by atoms with van der Waals surface area (Å²) >= 11 is 0. The van der Waals surface area contributed by atoms with E-state index in [0.29, 0.717) is 12.0 Å². The fourth-order valence-electron chi connectivity index (χ4n) is 3.14. The Morgan fingerprint density at radius 2 is 1.12 bits per heavy atom. The van der Waals surface area contributed by atoms with E-state index < -0.39 is 23.4 Å². The SMILES string of the molecule is CCCCCCCCCCCCc1c2c(O)c(O)c(O)c1OC(=O)O2. The molecular formula is C19H28O6. The molecule has 2 bridgehead atoms. The first-order chi connectivity index (χ1) is 12.1. The van der Waals surface area contributed by atoms with Gasteiger partial charge in [-0.3, -0.25) is 0 Å². The van der Waals surface area contributed by atoms with Crippen molar-refractivity contribution in [3.63, 3.8) is 0 Å². The van der Waals surface area contributed by atoms with Gasteiger partial charge in [-0.25, -0.2) is 4.79 Å². The number of benzene rings is 1. The highest BCUT2D eigenvalue weighted by molar-refractivity contribution is 5.80. The molecule has 0 spiro atoms. The molecular weight excluding hydrogens is 324 g/mol. The van der Waals surface area contributed by atoms with Gasteiger partial charge in [-0.2, -0.15) is 0 Å². The van der Waals surface area contributed by atoms with Gasteiger partial charge in [-0.05, 0) is 12.8 Å². The van der Waals surface area contributed by atoms with Crippen molar-refractivity contribution in [2.24, 2.45) is 0 Å². The van der Waals surface area contributed by atoms with Crippen LogP contribution in [-0.2, 0) is 6.42 Å². The van der Waals surface area contributed by atoms with E-state index in [2.05, 4.69) is 6.92 Å². The molecule has 2 rings (SSSR count). The number of phenolic OH excluding ortho intramolecular Hbond substituents is 3. The Hall–Kier alpha value is -2.11. The number of phenols is 3. The van der Waals surface area contributed by atoms with Crippen molar-refractivity contribution in [1.29, 1.82) is 0 Å². The van der Waals surface area contributed by atoms with Gasteiger partial charge in [0.05, 0.1) is 0 Å². The quantitative estimate of drug-likeness (QED) is 0.220. The zero-order valence-corrected chi connectivity index (χ0v) is 14.8. The third kappa shape index (κ3) is 4.94. The lowest BCUT2D eigenvalue weighted by atomic mass is 10.0. The number of carbonyl (C=O) groups excluding carboxylic acids is 1. The minimum Gasteiger partial charge on any atom is -0.502 e. The Morgan fingerprint density at radius 3 is 1.60 bits per heavy atom. The maximum Gasteiger partial charge on any atom is 0.519 e. The molecule has 0 unspecified atom stereocenters. The molecule has 1 aliphatic heterocycles. The molecule has 25 heavy (non-hydrogen) atoms. The largest absolute Gasteiger partial charge is 0.519 e. The molecule has 3 N–H and O–H groups in total. The highest BCUT2D eigenvalue weighted by Crippen LogP contribution is 2.54. The second kappa shape index (κ2) is 9.39. The van der Waals surface area contributed by atoms with Crippen molar-refractivity contribution >= 4 is 6.16 Å². The highest BCUT2D eigenvalue weighted by Gasteiger charge is 2.33. The lowest BCUT2D eigenvalue weighted by Gasteiger charge is -2.22. The van der Waals surface area contributed by atoms with E-state index in [9.17, 15) is 20.1 Å². The van der Waals surface area contributed by atoms with Crippen LogP contribution in [0, 0.1) is 0 Å². The fraction of sp³-hybridized carbons (Fsp3) is 0.632. The molecule has 0 fully saturated rings. The normalized spacial score (nSPS) is 12.8. The van der Waals surface area contributed by atoms with Gasteiger partial charge in [0, 0.05) is 5.56 Å². The second-order valence-corrected chi connectivity index (χ2v) is 6.57. The molecule has 0 aliphatic carbocycles. The van der Waals surface area contributed by atoms with E-state index in [-0.39, 0.29) is 11.5 Å². The van der Waals surface area contributed by atoms with Crippen molar-refractivity contribution in [2.75, 3.05) is 0 Å². The van der Waals surface area contributed by atoms with Crippen LogP contribution in [0.3, 0.4) is 0 Å². The Balaban J connectivity index is 1.76. The van der Waals surface area contributed by atoms with E-state index in [1.54, 1.807) is 0 Å². The van der Waals surface area contributed by atoms with Gasteiger partial charge in [0.1, 0.15) is 0 Å². The van der Waals surface area contributed by atoms with Crippen LogP contribution in [-0.4, -0.2) is 21.5 Å². The summed E-state index contributed by atoms with van der Waals surface area (Å²) in [6, 6.07) is 0. The first-order valence-electron chi connectivity index (χ1n) is 9.25. The lowest BCUT2D eigenvalue weighted by Crippen LogP contribution is -2.21. The molecule has 0 radical (unpaired) electrons. The van der Waals surface area contributed by atoms with Crippen LogP contribution in [0.1, 0.15) is 76.7 Å². The van der Waals surface area contributed by atoms with E-state index >= 15 is 0 Å². The predicted molar refractivity (Wildman–Crippen MR) is 93.6 cm³/mol. The first kappa shape index (κ1) is 19.2. The number of fused-ring (bicyclic) bond motifs is 2. The maximum absolute atomic E-state index is 11.3. The maximum atomic E-state index is 11.3. The van der Waals surface area contributed by atoms with Crippen LogP contribution in [0.5, 0.6) is 28.7 Å². The van der Waals surface area contributed by atoms with E-state index in [4.69, 9.17) is 9.47 Å². The van der Waals surface area contributed by atoms with E-state index in [1.807, 2.05) is 0 Å². The standard InChI is InChI=1S/C19H28O6/c1-2-3-4-5-6-7-8-9-10-11-12-13-17-15(21)14(20)16(22)18(13)25-19(23)24-17/h20-22H,2-12H2,1H3. The van der Waals surface area contributed by atoms with Gasteiger partial charge in [-0.1, -0.05) is 64.7 Å². The van der Waals surface area contributed by atoms with Crippen LogP contribution in [0.2, 0.25) is 0 Å². The van der Waals surface area contributed by atoms with Crippen molar-refractivity contribution in [1.82, 2.24) is 0 Å². The molecule has 140 valence electrons. The Morgan fingerprint density at radius 1 is 0.680 bits per heavy atom. The van der Waals surface area contributed by atoms with Gasteiger partial charge in [-0.15, -0.1) is 0 Å². The summed E-state index contributed by atoms with van der Waals surface area (Å²) < 4.78 is 9.70. The number of carbonyl (C=O) groups is 1. The Kier molecular flexibility index (Phi) is 7.22. The van der Waals surface area contributed by atoms with Crippen molar-refractivity contribution < 1.29 is 29.6 Å². The van der Waals surface area contributed by atoms with Crippen molar-refractivity contribution in [3.8, 4) is 28.7 Å². The van der Waals surface area contributed by atoms with Gasteiger partial charge in [0.25, 0.3) is 0 Å². The van der Waals surface area contributed by atoms with Crippen LogP contribution in [0.15, 0.2) is 0 Å². The summed E-state index contributed by atoms with van der Waals surface area (Å²) in [7, 11) is 0. The molecule has 0 saturated carbocycles. The first-order valence-corrected chi connectivity index (χ1v) is 9.25. The van der Waals surface area contributed by atoms with Crippen LogP contribution in [0.4, 0.5) is 4.79 Å². The fourth-order valence-corrected chi connectivity index (χ4v) is 3.14. The van der Waals surface area contributed by atoms with Crippen LogP contribution < -0.4 is 9.47 Å². The monoisotopic (exact) mass is 352 g/mol. The average Bonchev–Trinajstić information content (AvgIpc) is 2.60. The summed E-state index contributed by atoms with van der Waals surface area (Å²) in [6.07, 6.45) is 11.4. The van der Waals surface area contributed by atoms with E-state index in [1.165, 1.54) is 44.9 Å². The summed E-state index contributed by atoms with van der Waals surface area (Å²) in [4.78, 5) is 11.3. The molecule has 0 amide bonds. The third-order valence-corrected chi connectivity index (χ3v) is 4.58. The zero-order chi connectivity index (χ0) is 18.2. The van der Waals surface area contributed by atoms with Crippen molar-refractivity contribution in [2.45, 2.75) is 77.6 Å². The molecule has 0 saturated heterocycles. The Bertz CT molecular complexity index is 561. The minimum absolute atomic E-state index is 0.113. The Labute approximate surface area is 148 Å². The molecule has 6 heteroatoms. The smallest absolute Gasteiger partial charge is 0.502 e. The molecule has 1 aromatic rings. The summed E-state index contributed by atoms with van der Waals surface area (Å²) in [5, 5.41) is 29.3. The number of hydrogen-bond donors (Lipinski definition) is 3. The molecule has 6 nitrogen and oxygen atoms in total. The average molecular weight is 352 g/mol. The topological polar surface area (TPSA) is 96.2 Å². The minimum atomic E-state index is -1.03. The van der Waals surface area contributed by atoms with Gasteiger partial charge in [0.2, 0.25) is 17.2 Å². The molecule has 1 aromatic carbocycles. The zero-order valence-electron chi connectivity index (χ0n) is 14.8. The number of unbranched alkanes of at least 4 members (excludes halogenated alkanes) is 9. The van der Waals surface area contributed by atoms with Gasteiger partial charge >= 0.3 is 6.16 Å². The predicted octanol–water partition coefficient (Wildman–Crippen LogP) is 5.16. The molecule has 1 heterocycles. The lowest BCUT2D eigenvalue weighted by molar-refractivity contribution is 0.138. The third-order valence-electron chi connectivity index (χ3n) is 4.58. The number of aromatic hydroxyl groups is 3. The molecule has 0 aromatic heterocycles. The highest BCUT2D eigenvalue weighted by atomic mass is 16.7. The van der Waals surface area contributed by atoms with Gasteiger partial charge in [0.15, 0.2) is 11.5 Å². The number of hydrogen-bond acceptors (Lipinski definition) is 6. The van der Waals surface area contributed by atoms with Crippen LogP contribution in [0.25, 0.3) is 0 Å². The number of ether oxygens (including phenoxy) is 2. The molecule has 1 aliphatic rings. The number of rotatable bonds is 11. The molecule has 0 atom stereocenters. The van der Waals surface area contributed by atoms with Gasteiger partial charge < -0.3 is 24.8 Å². The second-order valence-electron chi connectivity index (χ2n) is 6.57. The van der Waals surface area contributed by atoms with Crippen molar-refractivity contribution in [3.05, 3.63) is 5.56 Å². The summed E-state index contributed by atoms with van der Waals surface area (Å²) in [6.45, 7) is 2.22. The van der Waals surface area contributed by atoms with E-state index in [0.717, 1.165) is 19.3 Å². The van der Waals surface area contributed by atoms with Crippen LogP contribution >= 0.6 is 0 Å².